The summed E-state index contributed by atoms with van der Waals surface area (Å²) < 4.78 is 33.2. The fourth-order valence-corrected chi connectivity index (χ4v) is 4.95. The van der Waals surface area contributed by atoms with E-state index in [1.165, 1.54) is 24.3 Å². The average Bonchev–Trinajstić information content (AvgIpc) is 3.17. The molecule has 0 saturated carbocycles. The highest BCUT2D eigenvalue weighted by atomic mass is 32.2. The molecule has 8 nitrogen and oxygen atoms in total. The lowest BCUT2D eigenvalue weighted by atomic mass is 10.2. The molecule has 1 fully saturated rings. The lowest BCUT2D eigenvalue weighted by Crippen LogP contribution is -2.43. The molecule has 1 unspecified atom stereocenters. The molecule has 1 aromatic carbocycles. The van der Waals surface area contributed by atoms with E-state index in [1.807, 2.05) is 17.5 Å². The maximum absolute atomic E-state index is 12.7. The van der Waals surface area contributed by atoms with Gasteiger partial charge in [0.05, 0.1) is 24.2 Å². The number of nitro benzene ring substituents is 1. The lowest BCUT2D eigenvalue weighted by Gasteiger charge is -2.34. The molecule has 3 rings (SSSR count). The van der Waals surface area contributed by atoms with E-state index in [2.05, 4.69) is 9.62 Å². The van der Waals surface area contributed by atoms with Crippen molar-refractivity contribution in [2.24, 2.45) is 0 Å². The molecule has 1 N–H and O–H groups in total. The second-order valence-electron chi connectivity index (χ2n) is 5.76. The number of benzene rings is 1. The fourth-order valence-electron chi connectivity index (χ4n) is 2.88. The van der Waals surface area contributed by atoms with E-state index in [1.54, 1.807) is 11.3 Å². The fraction of sp³-hybridized carbons (Fsp3) is 0.375. The predicted molar refractivity (Wildman–Crippen MR) is 97.7 cm³/mol. The monoisotopic (exact) mass is 397 g/mol. The van der Waals surface area contributed by atoms with E-state index in [0.717, 1.165) is 4.88 Å². The van der Waals surface area contributed by atoms with Crippen LogP contribution in [0.3, 0.4) is 0 Å². The van der Waals surface area contributed by atoms with Crippen LogP contribution in [0.2, 0.25) is 0 Å². The van der Waals surface area contributed by atoms with Crippen LogP contribution in [0.4, 0.5) is 5.69 Å². The number of para-hydroxylation sites is 1. The Bertz CT molecular complexity index is 849. The third kappa shape index (κ3) is 4.27. The molecule has 0 aliphatic carbocycles. The number of morpholine rings is 1. The smallest absolute Gasteiger partial charge is 0.289 e. The first-order valence-corrected chi connectivity index (χ1v) is 10.4. The van der Waals surface area contributed by atoms with Crippen LogP contribution in [0.15, 0.2) is 46.7 Å². The van der Waals surface area contributed by atoms with Crippen LogP contribution in [0.25, 0.3) is 0 Å². The topological polar surface area (TPSA) is 102 Å². The zero-order chi connectivity index (χ0) is 18.6. The summed E-state index contributed by atoms with van der Waals surface area (Å²) in [6.45, 7) is 2.73. The molecule has 1 aliphatic rings. The minimum absolute atomic E-state index is 0.134. The molecule has 0 radical (unpaired) electrons. The van der Waals surface area contributed by atoms with Gasteiger partial charge in [-0.2, -0.15) is 0 Å². The Labute approximate surface area is 155 Å². The highest BCUT2D eigenvalue weighted by Crippen LogP contribution is 2.27. The third-order valence-corrected chi connectivity index (χ3v) is 6.62. The number of nitro groups is 1. The number of nitrogens with one attached hydrogen (secondary N) is 1. The molecule has 26 heavy (non-hydrogen) atoms. The van der Waals surface area contributed by atoms with Crippen LogP contribution in [-0.4, -0.2) is 51.1 Å². The minimum Gasteiger partial charge on any atom is -0.379 e. The molecule has 10 heteroatoms. The van der Waals surface area contributed by atoms with E-state index >= 15 is 0 Å². The summed E-state index contributed by atoms with van der Waals surface area (Å²) in [5.74, 6) is 0. The number of ether oxygens (including phenoxy) is 1. The number of sulfonamides is 1. The van der Waals surface area contributed by atoms with E-state index in [9.17, 15) is 18.5 Å². The van der Waals surface area contributed by atoms with Crippen LogP contribution in [0.5, 0.6) is 0 Å². The van der Waals surface area contributed by atoms with Gasteiger partial charge in [0.1, 0.15) is 0 Å². The molecule has 2 heterocycles. The van der Waals surface area contributed by atoms with Gasteiger partial charge in [0.15, 0.2) is 4.90 Å². The lowest BCUT2D eigenvalue weighted by molar-refractivity contribution is -0.387. The van der Waals surface area contributed by atoms with Gasteiger partial charge in [-0.05, 0) is 17.5 Å². The van der Waals surface area contributed by atoms with Gasteiger partial charge in [-0.15, -0.1) is 11.3 Å². The maximum atomic E-state index is 12.7. The van der Waals surface area contributed by atoms with Crippen molar-refractivity contribution in [3.63, 3.8) is 0 Å². The Kier molecular flexibility index (Phi) is 5.99. The number of hydrogen-bond acceptors (Lipinski definition) is 7. The number of nitrogens with zero attached hydrogens (tertiary/aromatic N) is 2. The summed E-state index contributed by atoms with van der Waals surface area (Å²) in [5, 5.41) is 13.1. The quantitative estimate of drug-likeness (QED) is 0.566. The Morgan fingerprint density at radius 2 is 1.96 bits per heavy atom. The third-order valence-electron chi connectivity index (χ3n) is 4.18. The van der Waals surface area contributed by atoms with Crippen molar-refractivity contribution in [1.29, 1.82) is 0 Å². The van der Waals surface area contributed by atoms with Crippen LogP contribution in [0, 0.1) is 10.1 Å². The van der Waals surface area contributed by atoms with Crippen LogP contribution in [-0.2, 0) is 14.8 Å². The molecule has 1 aromatic heterocycles. The molecular weight excluding hydrogens is 378 g/mol. The van der Waals surface area contributed by atoms with Gasteiger partial charge in [0.25, 0.3) is 5.69 Å². The van der Waals surface area contributed by atoms with E-state index < -0.39 is 20.6 Å². The highest BCUT2D eigenvalue weighted by molar-refractivity contribution is 7.89. The number of thiophene rings is 1. The first kappa shape index (κ1) is 18.9. The van der Waals surface area contributed by atoms with E-state index in [4.69, 9.17) is 4.74 Å². The van der Waals surface area contributed by atoms with Crippen molar-refractivity contribution < 1.29 is 18.1 Å². The minimum atomic E-state index is -4.01. The first-order chi connectivity index (χ1) is 12.5. The number of rotatable bonds is 7. The summed E-state index contributed by atoms with van der Waals surface area (Å²) in [4.78, 5) is 13.3. The van der Waals surface area contributed by atoms with E-state index in [0.29, 0.717) is 26.3 Å². The van der Waals surface area contributed by atoms with Gasteiger partial charge < -0.3 is 4.74 Å². The van der Waals surface area contributed by atoms with E-state index in [-0.39, 0.29) is 17.5 Å². The summed E-state index contributed by atoms with van der Waals surface area (Å²) in [6.07, 6.45) is 0. The zero-order valence-corrected chi connectivity index (χ0v) is 15.5. The highest BCUT2D eigenvalue weighted by Gasteiger charge is 2.29. The summed E-state index contributed by atoms with van der Waals surface area (Å²) in [7, 11) is -4.01. The molecule has 1 aliphatic heterocycles. The second kappa shape index (κ2) is 8.23. The van der Waals surface area contributed by atoms with Crippen molar-refractivity contribution >= 4 is 27.0 Å². The molecule has 0 bridgehead atoms. The van der Waals surface area contributed by atoms with Crippen LogP contribution >= 0.6 is 11.3 Å². The average molecular weight is 397 g/mol. The molecule has 140 valence electrons. The van der Waals surface area contributed by atoms with Crippen molar-refractivity contribution in [3.05, 3.63) is 56.8 Å². The summed E-state index contributed by atoms with van der Waals surface area (Å²) in [5.41, 5.74) is -0.431. The molecule has 1 saturated heterocycles. The Hall–Kier alpha value is -1.85. The predicted octanol–water partition coefficient (Wildman–Crippen LogP) is 2.01. The Morgan fingerprint density at radius 3 is 2.62 bits per heavy atom. The standard InChI is InChI=1S/C16H19N3O5S2/c20-19(21)13-4-1-2-6-16(13)26(22,23)17-12-14(15-5-3-11-25-15)18-7-9-24-10-8-18/h1-6,11,14,17H,7-10,12H2. The molecular formula is C16H19N3O5S2. The van der Waals surface area contributed by atoms with Crippen LogP contribution in [0.1, 0.15) is 10.9 Å². The largest absolute Gasteiger partial charge is 0.379 e. The van der Waals surface area contributed by atoms with Crippen molar-refractivity contribution in [2.45, 2.75) is 10.9 Å². The Balaban J connectivity index is 1.81. The van der Waals surface area contributed by atoms with Crippen molar-refractivity contribution in [2.75, 3.05) is 32.8 Å². The summed E-state index contributed by atoms with van der Waals surface area (Å²) >= 11 is 1.55. The molecule has 0 amide bonds. The first-order valence-electron chi connectivity index (χ1n) is 8.07. The molecule has 1 atom stereocenters. The van der Waals surface area contributed by atoms with Gasteiger partial charge >= 0.3 is 0 Å². The van der Waals surface area contributed by atoms with Crippen molar-refractivity contribution in [1.82, 2.24) is 9.62 Å². The number of hydrogen-bond donors (Lipinski definition) is 1. The maximum Gasteiger partial charge on any atom is 0.289 e. The second-order valence-corrected chi connectivity index (χ2v) is 8.47. The molecule has 2 aromatic rings. The SMILES string of the molecule is O=[N+]([O-])c1ccccc1S(=O)(=O)NCC(c1cccs1)N1CCOCC1. The molecule has 0 spiro atoms. The van der Waals surface area contributed by atoms with Crippen molar-refractivity contribution in [3.8, 4) is 0 Å². The summed E-state index contributed by atoms with van der Waals surface area (Å²) in [6, 6.07) is 9.09. The van der Waals surface area contributed by atoms with Gasteiger partial charge in [-0.3, -0.25) is 15.0 Å². The Morgan fingerprint density at radius 1 is 1.23 bits per heavy atom. The van der Waals surface area contributed by atoms with Gasteiger partial charge in [0.2, 0.25) is 10.0 Å². The normalized spacial score (nSPS) is 17.1. The van der Waals surface area contributed by atoms with Gasteiger partial charge in [-0.1, -0.05) is 18.2 Å². The zero-order valence-electron chi connectivity index (χ0n) is 13.9. The van der Waals surface area contributed by atoms with Crippen LogP contribution < -0.4 is 4.72 Å². The van der Waals surface area contributed by atoms with Gasteiger partial charge in [-0.25, -0.2) is 13.1 Å². The van der Waals surface area contributed by atoms with Gasteiger partial charge in [0, 0.05) is 30.6 Å².